The summed E-state index contributed by atoms with van der Waals surface area (Å²) in [6.07, 6.45) is 6.82. The highest BCUT2D eigenvalue weighted by atomic mass is 32.2. The van der Waals surface area contributed by atoms with Crippen molar-refractivity contribution in [3.05, 3.63) is 20.8 Å². The summed E-state index contributed by atoms with van der Waals surface area (Å²) < 4.78 is 24.0. The van der Waals surface area contributed by atoms with E-state index in [1.807, 2.05) is 0 Å². The summed E-state index contributed by atoms with van der Waals surface area (Å²) in [6.45, 7) is 0. The van der Waals surface area contributed by atoms with E-state index in [2.05, 4.69) is 9.82 Å². The minimum absolute atomic E-state index is 0.325. The Morgan fingerprint density at radius 1 is 1.33 bits per heavy atom. The topological polar surface area (TPSA) is 81.1 Å². The zero-order valence-corrected chi connectivity index (χ0v) is 14.1. The van der Waals surface area contributed by atoms with Crippen LogP contribution in [0.5, 0.6) is 0 Å². The van der Waals surface area contributed by atoms with E-state index in [1.54, 1.807) is 17.6 Å². The van der Waals surface area contributed by atoms with Crippen LogP contribution < -0.4 is 10.4 Å². The molecule has 0 spiro atoms. The zero-order valence-electron chi connectivity index (χ0n) is 11.7. The SMILES string of the molecule is CSc1nc2sc3c(c2c(=O)n1NS(C)(=O)=O)CCCC3. The quantitative estimate of drug-likeness (QED) is 0.674. The van der Waals surface area contributed by atoms with Gasteiger partial charge in [-0.05, 0) is 37.5 Å². The molecule has 2 aromatic rings. The highest BCUT2D eigenvalue weighted by Gasteiger charge is 2.22. The molecule has 0 atom stereocenters. The number of thioether (sulfide) groups is 1. The minimum atomic E-state index is -3.54. The lowest BCUT2D eigenvalue weighted by Gasteiger charge is -2.12. The summed E-state index contributed by atoms with van der Waals surface area (Å²) in [5.41, 5.74) is 0.727. The molecule has 0 saturated heterocycles. The van der Waals surface area contributed by atoms with Gasteiger partial charge in [0.25, 0.3) is 5.56 Å². The molecule has 0 bridgehead atoms. The van der Waals surface area contributed by atoms with E-state index < -0.39 is 10.0 Å². The Labute approximate surface area is 130 Å². The highest BCUT2D eigenvalue weighted by Crippen LogP contribution is 2.34. The maximum absolute atomic E-state index is 12.7. The molecular formula is C12H15N3O3S3. The van der Waals surface area contributed by atoms with Crippen LogP contribution in [0.2, 0.25) is 0 Å². The number of nitrogens with zero attached hydrogens (tertiary/aromatic N) is 2. The van der Waals surface area contributed by atoms with Gasteiger partial charge < -0.3 is 0 Å². The Bertz CT molecular complexity index is 867. The second-order valence-corrected chi connectivity index (χ2v) is 8.58. The van der Waals surface area contributed by atoms with Crippen LogP contribution in [0.1, 0.15) is 23.3 Å². The first-order valence-electron chi connectivity index (χ1n) is 6.50. The Kier molecular flexibility index (Phi) is 3.74. The molecule has 21 heavy (non-hydrogen) atoms. The van der Waals surface area contributed by atoms with Crippen LogP contribution in [0, 0.1) is 0 Å². The molecule has 0 amide bonds. The van der Waals surface area contributed by atoms with E-state index in [1.165, 1.54) is 16.6 Å². The average molecular weight is 345 g/mol. The van der Waals surface area contributed by atoms with Crippen molar-refractivity contribution in [3.63, 3.8) is 0 Å². The molecule has 1 aliphatic rings. The molecule has 2 aromatic heterocycles. The van der Waals surface area contributed by atoms with Gasteiger partial charge >= 0.3 is 0 Å². The Morgan fingerprint density at radius 2 is 2.05 bits per heavy atom. The van der Waals surface area contributed by atoms with Crippen molar-refractivity contribution in [2.45, 2.75) is 30.8 Å². The van der Waals surface area contributed by atoms with Gasteiger partial charge in [0.2, 0.25) is 10.0 Å². The first kappa shape index (κ1) is 14.9. The van der Waals surface area contributed by atoms with Gasteiger partial charge in [-0.1, -0.05) is 11.8 Å². The second kappa shape index (κ2) is 5.29. The van der Waals surface area contributed by atoms with Crippen LogP contribution >= 0.6 is 23.1 Å². The van der Waals surface area contributed by atoms with Gasteiger partial charge in [-0.15, -0.1) is 11.3 Å². The number of nitrogens with one attached hydrogen (secondary N) is 1. The van der Waals surface area contributed by atoms with Crippen LogP contribution in [-0.4, -0.2) is 30.6 Å². The van der Waals surface area contributed by atoms with Crippen LogP contribution in [0.4, 0.5) is 0 Å². The predicted octanol–water partition coefficient (Wildman–Crippen LogP) is 1.56. The number of aryl methyl sites for hydroxylation is 2. The lowest BCUT2D eigenvalue weighted by molar-refractivity contribution is 0.596. The zero-order chi connectivity index (χ0) is 15.2. The molecule has 0 aromatic carbocycles. The predicted molar refractivity (Wildman–Crippen MR) is 86.5 cm³/mol. The Balaban J connectivity index is 2.32. The normalized spacial score (nSPS) is 15.1. The summed E-state index contributed by atoms with van der Waals surface area (Å²) in [5, 5.41) is 0.931. The largest absolute Gasteiger partial charge is 0.282 e. The third kappa shape index (κ3) is 2.69. The first-order valence-corrected chi connectivity index (χ1v) is 10.4. The first-order chi connectivity index (χ1) is 9.90. The van der Waals surface area contributed by atoms with Crippen LogP contribution in [-0.2, 0) is 22.9 Å². The number of fused-ring (bicyclic) bond motifs is 3. The van der Waals surface area contributed by atoms with Crippen molar-refractivity contribution in [1.82, 2.24) is 9.66 Å². The van der Waals surface area contributed by atoms with E-state index in [4.69, 9.17) is 0 Å². The maximum Gasteiger partial charge on any atom is 0.282 e. The summed E-state index contributed by atoms with van der Waals surface area (Å²) in [7, 11) is -3.54. The lowest BCUT2D eigenvalue weighted by Crippen LogP contribution is -2.34. The van der Waals surface area contributed by atoms with Crippen LogP contribution in [0.3, 0.4) is 0 Å². The molecule has 0 aliphatic heterocycles. The molecule has 3 rings (SSSR count). The van der Waals surface area contributed by atoms with Crippen molar-refractivity contribution in [1.29, 1.82) is 0 Å². The van der Waals surface area contributed by atoms with E-state index in [-0.39, 0.29) is 5.56 Å². The van der Waals surface area contributed by atoms with Gasteiger partial charge in [-0.2, -0.15) is 4.68 Å². The molecular weight excluding hydrogens is 330 g/mol. The summed E-state index contributed by atoms with van der Waals surface area (Å²) in [5.74, 6) is 0. The minimum Gasteiger partial charge on any atom is -0.267 e. The van der Waals surface area contributed by atoms with Gasteiger partial charge in [0.15, 0.2) is 5.16 Å². The number of thiophene rings is 1. The van der Waals surface area contributed by atoms with E-state index in [9.17, 15) is 13.2 Å². The van der Waals surface area contributed by atoms with E-state index >= 15 is 0 Å². The van der Waals surface area contributed by atoms with Gasteiger partial charge in [0.1, 0.15) is 4.83 Å². The van der Waals surface area contributed by atoms with Gasteiger partial charge in [-0.3, -0.25) is 4.79 Å². The highest BCUT2D eigenvalue weighted by molar-refractivity contribution is 7.98. The summed E-state index contributed by atoms with van der Waals surface area (Å²) >= 11 is 2.80. The van der Waals surface area contributed by atoms with Gasteiger partial charge in [0, 0.05) is 4.88 Å². The van der Waals surface area contributed by atoms with Gasteiger partial charge in [-0.25, -0.2) is 18.2 Å². The monoisotopic (exact) mass is 345 g/mol. The third-order valence-corrected chi connectivity index (χ3v) is 5.74. The van der Waals surface area contributed by atoms with Crippen molar-refractivity contribution < 1.29 is 8.42 Å². The number of sulfonamides is 1. The van der Waals surface area contributed by atoms with Crippen molar-refractivity contribution in [2.75, 3.05) is 17.3 Å². The van der Waals surface area contributed by atoms with Crippen molar-refractivity contribution in [3.8, 4) is 0 Å². The molecule has 0 fully saturated rings. The third-order valence-electron chi connectivity index (χ3n) is 3.40. The summed E-state index contributed by atoms with van der Waals surface area (Å²) in [4.78, 5) is 21.3. The molecule has 114 valence electrons. The van der Waals surface area contributed by atoms with Gasteiger partial charge in [0.05, 0.1) is 11.6 Å². The van der Waals surface area contributed by atoms with E-state index in [0.29, 0.717) is 15.4 Å². The number of rotatable bonds is 3. The standard InChI is InChI=1S/C12H15N3O3S3/c1-19-12-13-10-9(7-5-3-4-6-8(7)20-10)11(16)15(12)14-21(2,17)18/h14H,3-6H2,1-2H3. The molecule has 9 heteroatoms. The fourth-order valence-corrected chi connectivity index (χ4v) is 4.93. The van der Waals surface area contributed by atoms with Crippen LogP contribution in [0.25, 0.3) is 10.2 Å². The van der Waals surface area contributed by atoms with E-state index in [0.717, 1.165) is 42.2 Å². The second-order valence-electron chi connectivity index (χ2n) is 4.99. The Hall–Kier alpha value is -1.06. The maximum atomic E-state index is 12.7. The fourth-order valence-electron chi connectivity index (χ4n) is 2.57. The lowest BCUT2D eigenvalue weighted by atomic mass is 9.97. The fraction of sp³-hybridized carbons (Fsp3) is 0.500. The molecule has 0 unspecified atom stereocenters. The van der Waals surface area contributed by atoms with Crippen molar-refractivity contribution >= 4 is 43.3 Å². The average Bonchev–Trinajstić information content (AvgIpc) is 2.78. The molecule has 0 radical (unpaired) electrons. The number of aromatic nitrogens is 2. The molecule has 1 aliphatic carbocycles. The Morgan fingerprint density at radius 3 is 2.71 bits per heavy atom. The van der Waals surface area contributed by atoms with Crippen LogP contribution in [0.15, 0.2) is 9.95 Å². The van der Waals surface area contributed by atoms with Crippen molar-refractivity contribution in [2.24, 2.45) is 0 Å². The number of hydrogen-bond donors (Lipinski definition) is 1. The molecule has 6 nitrogen and oxygen atoms in total. The molecule has 1 N–H and O–H groups in total. The molecule has 0 saturated carbocycles. The smallest absolute Gasteiger partial charge is 0.267 e. The molecule has 2 heterocycles. The summed E-state index contributed by atoms with van der Waals surface area (Å²) in [6, 6.07) is 0. The number of hydrogen-bond acceptors (Lipinski definition) is 6.